The average molecular weight is 279 g/mol. The van der Waals surface area contributed by atoms with Crippen LogP contribution in [0.2, 0.25) is 0 Å². The number of likely N-dealkylation sites (N-methyl/N-ethyl adjacent to an activating group) is 1. The van der Waals surface area contributed by atoms with Crippen LogP contribution in [0.4, 0.5) is 0 Å². The molecule has 0 bridgehead atoms. The highest BCUT2D eigenvalue weighted by Crippen LogP contribution is 2.36. The number of aliphatic imine (C=N–C) groups is 1. The maximum absolute atomic E-state index is 4.72. The van der Waals surface area contributed by atoms with Gasteiger partial charge in [0.25, 0.3) is 0 Å². The van der Waals surface area contributed by atoms with Crippen LogP contribution in [0.15, 0.2) is 27.7 Å². The number of rotatable bonds is 0. The lowest BCUT2D eigenvalue weighted by atomic mass is 9.78. The van der Waals surface area contributed by atoms with E-state index in [4.69, 9.17) is 4.99 Å². The van der Waals surface area contributed by atoms with E-state index in [9.17, 15) is 0 Å². The Labute approximate surface area is 104 Å². The second kappa shape index (κ2) is 3.59. The number of nitrogens with zero attached hydrogens (tertiary/aromatic N) is 2. The van der Waals surface area contributed by atoms with Gasteiger partial charge in [0.15, 0.2) is 0 Å². The molecule has 1 atom stereocenters. The molecule has 1 aromatic rings. The van der Waals surface area contributed by atoms with Crippen molar-refractivity contribution in [3.63, 3.8) is 0 Å². The second-order valence-corrected chi connectivity index (χ2v) is 5.79. The number of benzene rings is 1. The summed E-state index contributed by atoms with van der Waals surface area (Å²) in [7, 11) is 2.11. The summed E-state index contributed by atoms with van der Waals surface area (Å²) in [5.41, 5.74) is 3.11. The maximum atomic E-state index is 4.72. The molecule has 2 nitrogen and oxygen atoms in total. The van der Waals surface area contributed by atoms with E-state index in [0.29, 0.717) is 0 Å². The average Bonchev–Trinajstić information content (AvgIpc) is 2.60. The first-order valence-electron chi connectivity index (χ1n) is 5.70. The fraction of sp³-hybridized carbons (Fsp3) is 0.462. The molecule has 1 aliphatic carbocycles. The number of halogens is 1. The first-order valence-corrected chi connectivity index (χ1v) is 6.50. The third-order valence-corrected chi connectivity index (χ3v) is 4.39. The molecule has 3 heteroatoms. The number of hydrogen-bond acceptors (Lipinski definition) is 2. The van der Waals surface area contributed by atoms with Gasteiger partial charge in [-0.25, -0.2) is 0 Å². The van der Waals surface area contributed by atoms with Crippen molar-refractivity contribution in [1.29, 1.82) is 0 Å². The molecule has 2 aliphatic rings. The van der Waals surface area contributed by atoms with Gasteiger partial charge < -0.3 is 4.90 Å². The van der Waals surface area contributed by atoms with Gasteiger partial charge in [-0.3, -0.25) is 4.99 Å². The monoisotopic (exact) mass is 278 g/mol. The Morgan fingerprint density at radius 2 is 2.31 bits per heavy atom. The highest BCUT2D eigenvalue weighted by atomic mass is 79.9. The molecule has 16 heavy (non-hydrogen) atoms. The van der Waals surface area contributed by atoms with E-state index in [1.807, 2.05) is 6.34 Å². The standard InChI is InChI=1S/C13H15BrN2/c1-16-8-13(15-9-16)6-5-11-10(7-13)3-2-4-12(11)14/h2-4,9H,5-8H2,1H3/t13-/m0/s1. The van der Waals surface area contributed by atoms with E-state index < -0.39 is 0 Å². The lowest BCUT2D eigenvalue weighted by molar-refractivity contribution is 0.336. The van der Waals surface area contributed by atoms with E-state index in [0.717, 1.165) is 19.4 Å². The fourth-order valence-electron chi connectivity index (χ4n) is 2.86. The summed E-state index contributed by atoms with van der Waals surface area (Å²) in [4.78, 5) is 6.92. The van der Waals surface area contributed by atoms with Crippen molar-refractivity contribution < 1.29 is 0 Å². The Balaban J connectivity index is 1.95. The van der Waals surface area contributed by atoms with Crippen LogP contribution in [0, 0.1) is 0 Å². The van der Waals surface area contributed by atoms with Crippen LogP contribution >= 0.6 is 15.9 Å². The first kappa shape index (κ1) is 10.3. The zero-order chi connectivity index (χ0) is 11.2. The molecule has 3 rings (SSSR count). The van der Waals surface area contributed by atoms with Crippen LogP contribution in [0.25, 0.3) is 0 Å². The maximum Gasteiger partial charge on any atom is 0.0855 e. The predicted octanol–water partition coefficient (Wildman–Crippen LogP) is 2.65. The predicted molar refractivity (Wildman–Crippen MR) is 70.0 cm³/mol. The van der Waals surface area contributed by atoms with Crippen molar-refractivity contribution in [1.82, 2.24) is 4.90 Å². The van der Waals surface area contributed by atoms with Gasteiger partial charge in [-0.15, -0.1) is 0 Å². The Morgan fingerprint density at radius 1 is 1.44 bits per heavy atom. The van der Waals surface area contributed by atoms with Crippen LogP contribution in [0.5, 0.6) is 0 Å². The summed E-state index contributed by atoms with van der Waals surface area (Å²) in [5.74, 6) is 0. The van der Waals surface area contributed by atoms with Crippen molar-refractivity contribution in [2.75, 3.05) is 13.6 Å². The summed E-state index contributed by atoms with van der Waals surface area (Å²) in [6.45, 7) is 1.07. The minimum atomic E-state index is 0.155. The Hall–Kier alpha value is -0.830. The van der Waals surface area contributed by atoms with E-state index in [1.54, 1.807) is 0 Å². The van der Waals surface area contributed by atoms with Gasteiger partial charge in [-0.1, -0.05) is 28.1 Å². The highest BCUT2D eigenvalue weighted by Gasteiger charge is 2.37. The number of hydrogen-bond donors (Lipinski definition) is 0. The fourth-order valence-corrected chi connectivity index (χ4v) is 3.47. The molecule has 1 heterocycles. The first-order chi connectivity index (χ1) is 7.69. The second-order valence-electron chi connectivity index (χ2n) is 4.94. The summed E-state index contributed by atoms with van der Waals surface area (Å²) in [6.07, 6.45) is 5.39. The molecule has 0 aromatic heterocycles. The van der Waals surface area contributed by atoms with E-state index >= 15 is 0 Å². The highest BCUT2D eigenvalue weighted by molar-refractivity contribution is 9.10. The van der Waals surface area contributed by atoms with Crippen molar-refractivity contribution in [2.24, 2.45) is 4.99 Å². The van der Waals surface area contributed by atoms with E-state index in [-0.39, 0.29) is 5.54 Å². The van der Waals surface area contributed by atoms with Crippen molar-refractivity contribution >= 4 is 22.3 Å². The third kappa shape index (κ3) is 1.58. The van der Waals surface area contributed by atoms with Crippen molar-refractivity contribution in [3.8, 4) is 0 Å². The van der Waals surface area contributed by atoms with Gasteiger partial charge in [0.2, 0.25) is 0 Å². The zero-order valence-electron chi connectivity index (χ0n) is 9.41. The minimum absolute atomic E-state index is 0.155. The molecular weight excluding hydrogens is 264 g/mol. The zero-order valence-corrected chi connectivity index (χ0v) is 11.0. The van der Waals surface area contributed by atoms with Gasteiger partial charge in [0, 0.05) is 18.1 Å². The summed E-state index contributed by atoms with van der Waals surface area (Å²) in [5, 5.41) is 0. The Morgan fingerprint density at radius 3 is 3.06 bits per heavy atom. The van der Waals surface area contributed by atoms with E-state index in [1.165, 1.54) is 22.0 Å². The van der Waals surface area contributed by atoms with Crippen molar-refractivity contribution in [2.45, 2.75) is 24.8 Å². The quantitative estimate of drug-likeness (QED) is 0.713. The summed E-state index contributed by atoms with van der Waals surface area (Å²) in [6, 6.07) is 6.51. The lowest BCUT2D eigenvalue weighted by Crippen LogP contribution is -2.38. The summed E-state index contributed by atoms with van der Waals surface area (Å²) >= 11 is 3.64. The van der Waals surface area contributed by atoms with Gasteiger partial charge in [-0.05, 0) is 36.5 Å². The van der Waals surface area contributed by atoms with E-state index in [2.05, 4.69) is 46.1 Å². The largest absolute Gasteiger partial charge is 0.364 e. The van der Waals surface area contributed by atoms with Crippen LogP contribution < -0.4 is 0 Å². The van der Waals surface area contributed by atoms with Crippen LogP contribution in [0.3, 0.4) is 0 Å². The molecule has 0 N–H and O–H groups in total. The molecule has 84 valence electrons. The topological polar surface area (TPSA) is 15.6 Å². The SMILES string of the molecule is CN1C=N[C@]2(CCc3c(Br)cccc3C2)C1. The molecule has 1 aromatic carbocycles. The molecule has 0 saturated carbocycles. The van der Waals surface area contributed by atoms with Crippen LogP contribution in [-0.2, 0) is 12.8 Å². The molecule has 0 unspecified atom stereocenters. The van der Waals surface area contributed by atoms with Gasteiger partial charge in [0.05, 0.1) is 11.9 Å². The molecular formula is C13H15BrN2. The van der Waals surface area contributed by atoms with Gasteiger partial charge >= 0.3 is 0 Å². The van der Waals surface area contributed by atoms with Gasteiger partial charge in [-0.2, -0.15) is 0 Å². The summed E-state index contributed by atoms with van der Waals surface area (Å²) < 4.78 is 1.26. The van der Waals surface area contributed by atoms with Crippen LogP contribution in [-0.4, -0.2) is 30.4 Å². The molecule has 0 amide bonds. The molecule has 1 aliphatic heterocycles. The Kier molecular flexibility index (Phi) is 2.32. The lowest BCUT2D eigenvalue weighted by Gasteiger charge is -2.33. The normalized spacial score (nSPS) is 27.5. The smallest absolute Gasteiger partial charge is 0.0855 e. The third-order valence-electron chi connectivity index (χ3n) is 3.65. The minimum Gasteiger partial charge on any atom is -0.364 e. The molecule has 0 fully saturated rings. The molecule has 0 saturated heterocycles. The Bertz CT molecular complexity index is 455. The molecule has 0 radical (unpaired) electrons. The van der Waals surface area contributed by atoms with Crippen molar-refractivity contribution in [3.05, 3.63) is 33.8 Å². The molecule has 1 spiro atoms. The van der Waals surface area contributed by atoms with Gasteiger partial charge in [0.1, 0.15) is 0 Å². The van der Waals surface area contributed by atoms with Crippen LogP contribution in [0.1, 0.15) is 17.5 Å². The number of fused-ring (bicyclic) bond motifs is 1.